The van der Waals surface area contributed by atoms with Gasteiger partial charge in [0, 0.05) is 28.8 Å². The van der Waals surface area contributed by atoms with E-state index in [1.807, 2.05) is 59.3 Å². The summed E-state index contributed by atoms with van der Waals surface area (Å²) < 4.78 is 1.96. The Morgan fingerprint density at radius 3 is 1.91 bits per heavy atom. The number of anilines is 1. The van der Waals surface area contributed by atoms with Gasteiger partial charge in [-0.25, -0.2) is 4.68 Å². The van der Waals surface area contributed by atoms with Crippen LogP contribution in [0.2, 0.25) is 5.02 Å². The normalized spacial score (nSPS) is 15.3. The molecule has 6 rings (SSSR count). The predicted octanol–water partition coefficient (Wildman–Crippen LogP) is 7.55. The van der Waals surface area contributed by atoms with Crippen LogP contribution in [0.3, 0.4) is 0 Å². The number of benzene rings is 4. The Balaban J connectivity index is 1.50. The Kier molecular flexibility index (Phi) is 5.65. The fourth-order valence-electron chi connectivity index (χ4n) is 4.55. The molecule has 0 saturated heterocycles. The van der Waals surface area contributed by atoms with E-state index < -0.39 is 0 Å². The van der Waals surface area contributed by atoms with Crippen LogP contribution in [-0.4, -0.2) is 15.5 Å². The van der Waals surface area contributed by atoms with Gasteiger partial charge in [-0.05, 0) is 42.0 Å². The average molecular weight is 475 g/mol. The molecular formula is C30H23ClN4. The minimum atomic E-state index is -0.00394. The second kappa shape index (κ2) is 9.24. The lowest BCUT2D eigenvalue weighted by Gasteiger charge is -2.23. The van der Waals surface area contributed by atoms with Crippen LogP contribution in [0.25, 0.3) is 16.9 Å². The van der Waals surface area contributed by atoms with Gasteiger partial charge in [0.2, 0.25) is 0 Å². The van der Waals surface area contributed by atoms with Crippen molar-refractivity contribution in [3.63, 3.8) is 0 Å². The van der Waals surface area contributed by atoms with Crippen LogP contribution in [-0.2, 0) is 0 Å². The van der Waals surface area contributed by atoms with E-state index in [1.165, 1.54) is 0 Å². The molecule has 0 bridgehead atoms. The Labute approximate surface area is 209 Å². The van der Waals surface area contributed by atoms with Crippen molar-refractivity contribution in [2.24, 2.45) is 5.10 Å². The van der Waals surface area contributed by atoms with Gasteiger partial charge in [-0.3, -0.25) is 5.01 Å². The molecule has 1 atom stereocenters. The molecule has 0 unspecified atom stereocenters. The molecule has 0 radical (unpaired) electrons. The van der Waals surface area contributed by atoms with E-state index in [1.54, 1.807) is 0 Å². The van der Waals surface area contributed by atoms with Gasteiger partial charge >= 0.3 is 0 Å². The summed E-state index contributed by atoms with van der Waals surface area (Å²) in [7, 11) is 0. The number of hydrogen-bond donors (Lipinski definition) is 0. The Morgan fingerprint density at radius 1 is 0.657 bits per heavy atom. The molecule has 5 aromatic rings. The van der Waals surface area contributed by atoms with E-state index >= 15 is 0 Å². The van der Waals surface area contributed by atoms with Crippen molar-refractivity contribution in [3.05, 3.63) is 138 Å². The summed E-state index contributed by atoms with van der Waals surface area (Å²) >= 11 is 6.21. The Hall–Kier alpha value is -4.15. The number of para-hydroxylation sites is 2. The molecule has 0 aliphatic carbocycles. The first kappa shape index (κ1) is 21.4. The topological polar surface area (TPSA) is 33.4 Å². The standard InChI is InChI=1S/C30H23ClN4/c31-24-18-16-23(17-19-24)30-27(21-34(33-30)25-12-6-2-7-13-25)29-20-28(22-10-4-1-5-11-22)32-35(29)26-14-8-3-9-15-26/h1-19,21,29H,20H2/t29-/m0/s1. The van der Waals surface area contributed by atoms with Gasteiger partial charge in [0.1, 0.15) is 0 Å². The van der Waals surface area contributed by atoms with Gasteiger partial charge in [-0.1, -0.05) is 90.5 Å². The quantitative estimate of drug-likeness (QED) is 0.263. The number of hydrazone groups is 1. The zero-order chi connectivity index (χ0) is 23.6. The molecule has 0 amide bonds. The molecule has 0 saturated carbocycles. The van der Waals surface area contributed by atoms with Gasteiger partial charge in [0.25, 0.3) is 0 Å². The van der Waals surface area contributed by atoms with Crippen molar-refractivity contribution in [2.75, 3.05) is 5.01 Å². The summed E-state index contributed by atoms with van der Waals surface area (Å²) in [6, 6.07) is 38.8. The summed E-state index contributed by atoms with van der Waals surface area (Å²) in [5.74, 6) is 0. The fraction of sp³-hybridized carbons (Fsp3) is 0.0667. The highest BCUT2D eigenvalue weighted by Crippen LogP contribution is 2.40. The van der Waals surface area contributed by atoms with E-state index in [0.29, 0.717) is 5.02 Å². The van der Waals surface area contributed by atoms with Crippen molar-refractivity contribution in [1.29, 1.82) is 0 Å². The van der Waals surface area contributed by atoms with Gasteiger partial charge < -0.3 is 0 Å². The summed E-state index contributed by atoms with van der Waals surface area (Å²) in [6.45, 7) is 0. The van der Waals surface area contributed by atoms with Gasteiger partial charge in [0.15, 0.2) is 0 Å². The third-order valence-electron chi connectivity index (χ3n) is 6.28. The van der Waals surface area contributed by atoms with Crippen molar-refractivity contribution >= 4 is 23.0 Å². The van der Waals surface area contributed by atoms with Crippen LogP contribution in [0.15, 0.2) is 127 Å². The Bertz CT molecular complexity index is 1460. The number of hydrogen-bond acceptors (Lipinski definition) is 3. The van der Waals surface area contributed by atoms with Gasteiger partial charge in [-0.2, -0.15) is 10.2 Å². The van der Waals surface area contributed by atoms with E-state index in [9.17, 15) is 0 Å². The van der Waals surface area contributed by atoms with E-state index in [2.05, 4.69) is 71.9 Å². The van der Waals surface area contributed by atoms with Crippen molar-refractivity contribution in [2.45, 2.75) is 12.5 Å². The molecule has 2 heterocycles. The van der Waals surface area contributed by atoms with Crippen molar-refractivity contribution < 1.29 is 0 Å². The first-order valence-corrected chi connectivity index (χ1v) is 12.0. The van der Waals surface area contributed by atoms with Crippen LogP contribution >= 0.6 is 11.6 Å². The molecule has 0 spiro atoms. The van der Waals surface area contributed by atoms with Crippen LogP contribution in [0.4, 0.5) is 5.69 Å². The highest BCUT2D eigenvalue weighted by atomic mass is 35.5. The molecule has 0 fully saturated rings. The second-order valence-electron chi connectivity index (χ2n) is 8.53. The number of aromatic nitrogens is 2. The number of halogens is 1. The summed E-state index contributed by atoms with van der Waals surface area (Å²) in [5.41, 5.74) is 7.35. The first-order valence-electron chi connectivity index (χ1n) is 11.6. The number of rotatable bonds is 5. The zero-order valence-electron chi connectivity index (χ0n) is 19.0. The summed E-state index contributed by atoms with van der Waals surface area (Å²) in [6.07, 6.45) is 2.92. The molecule has 4 nitrogen and oxygen atoms in total. The van der Waals surface area contributed by atoms with E-state index in [-0.39, 0.29) is 6.04 Å². The van der Waals surface area contributed by atoms with Gasteiger partial charge in [-0.15, -0.1) is 0 Å². The fourth-order valence-corrected chi connectivity index (χ4v) is 4.68. The lowest BCUT2D eigenvalue weighted by Crippen LogP contribution is -2.18. The minimum Gasteiger partial charge on any atom is -0.257 e. The minimum absolute atomic E-state index is 0.00394. The van der Waals surface area contributed by atoms with Crippen LogP contribution in [0, 0.1) is 0 Å². The second-order valence-corrected chi connectivity index (χ2v) is 8.97. The highest BCUT2D eigenvalue weighted by molar-refractivity contribution is 6.30. The monoisotopic (exact) mass is 474 g/mol. The SMILES string of the molecule is Clc1ccc(-c2nn(-c3ccccc3)cc2[C@@H]2CC(c3ccccc3)=NN2c2ccccc2)cc1. The molecule has 35 heavy (non-hydrogen) atoms. The van der Waals surface area contributed by atoms with Crippen molar-refractivity contribution in [1.82, 2.24) is 9.78 Å². The smallest absolute Gasteiger partial charge is 0.0981 e. The maximum Gasteiger partial charge on any atom is 0.0981 e. The molecular weight excluding hydrogens is 452 g/mol. The predicted molar refractivity (Wildman–Crippen MR) is 143 cm³/mol. The maximum absolute atomic E-state index is 6.21. The third-order valence-corrected chi connectivity index (χ3v) is 6.53. The lowest BCUT2D eigenvalue weighted by atomic mass is 9.96. The summed E-state index contributed by atoms with van der Waals surface area (Å²) in [5, 5.41) is 13.0. The molecule has 1 aliphatic heterocycles. The molecule has 4 aromatic carbocycles. The molecule has 5 heteroatoms. The number of nitrogens with zero attached hydrogens (tertiary/aromatic N) is 4. The van der Waals surface area contributed by atoms with Crippen LogP contribution < -0.4 is 5.01 Å². The molecule has 0 N–H and O–H groups in total. The van der Waals surface area contributed by atoms with Crippen LogP contribution in [0.1, 0.15) is 23.6 Å². The third kappa shape index (κ3) is 4.25. The van der Waals surface area contributed by atoms with Crippen LogP contribution in [0.5, 0.6) is 0 Å². The largest absolute Gasteiger partial charge is 0.257 e. The molecule has 1 aromatic heterocycles. The van der Waals surface area contributed by atoms with Gasteiger partial charge in [0.05, 0.1) is 28.8 Å². The summed E-state index contributed by atoms with van der Waals surface area (Å²) in [4.78, 5) is 0. The van der Waals surface area contributed by atoms with E-state index in [0.717, 1.165) is 45.9 Å². The molecule has 170 valence electrons. The highest BCUT2D eigenvalue weighted by Gasteiger charge is 2.33. The lowest BCUT2D eigenvalue weighted by molar-refractivity contribution is 0.709. The average Bonchev–Trinajstić information content (AvgIpc) is 3.56. The van der Waals surface area contributed by atoms with Crippen molar-refractivity contribution in [3.8, 4) is 16.9 Å². The maximum atomic E-state index is 6.21. The molecule has 1 aliphatic rings. The Morgan fingerprint density at radius 2 is 1.26 bits per heavy atom. The first-order chi connectivity index (χ1) is 17.3. The van der Waals surface area contributed by atoms with E-state index in [4.69, 9.17) is 21.8 Å². The zero-order valence-corrected chi connectivity index (χ0v) is 19.8.